The summed E-state index contributed by atoms with van der Waals surface area (Å²) in [4.78, 5) is -0.733. The molecule has 0 bridgehead atoms. The first-order valence-electron chi connectivity index (χ1n) is 7.30. The lowest BCUT2D eigenvalue weighted by Gasteiger charge is -2.15. The molecule has 144 valence electrons. The van der Waals surface area contributed by atoms with E-state index < -0.39 is 24.9 Å². The molecule has 0 radical (unpaired) electrons. The molecule has 0 spiro atoms. The number of halogens is 2. The first kappa shape index (κ1) is 21.5. The second kappa shape index (κ2) is 8.06. The van der Waals surface area contributed by atoms with Gasteiger partial charge in [-0.25, -0.2) is 8.42 Å². The predicted octanol–water partition coefficient (Wildman–Crippen LogP) is 3.54. The maximum atomic E-state index is 12.7. The minimum absolute atomic E-state index is 0.0300. The molecular formula is C16H13BrClNO6S2. The maximum Gasteiger partial charge on any atom is 0.340 e. The topological polar surface area (TPSA) is 111 Å². The average molecular weight is 495 g/mol. The molecule has 0 aliphatic heterocycles. The normalized spacial score (nSPS) is 11.7. The van der Waals surface area contributed by atoms with E-state index in [-0.39, 0.29) is 38.1 Å². The average Bonchev–Trinajstić information content (AvgIpc) is 2.57. The van der Waals surface area contributed by atoms with Gasteiger partial charge in [0.25, 0.3) is 0 Å². The third kappa shape index (κ3) is 4.93. The van der Waals surface area contributed by atoms with Gasteiger partial charge in [-0.2, -0.15) is 13.7 Å². The van der Waals surface area contributed by atoms with Crippen LogP contribution in [0.2, 0.25) is 5.02 Å². The van der Waals surface area contributed by atoms with Crippen LogP contribution in [0.15, 0.2) is 44.6 Å². The maximum absolute atomic E-state index is 12.7. The van der Waals surface area contributed by atoms with E-state index in [9.17, 15) is 16.8 Å². The number of rotatable bonds is 6. The summed E-state index contributed by atoms with van der Waals surface area (Å²) in [5.74, 6) is -0.154. The number of hydrogen-bond donors (Lipinski definition) is 0. The first-order valence-corrected chi connectivity index (χ1v) is 11.8. The second-order valence-electron chi connectivity index (χ2n) is 5.23. The van der Waals surface area contributed by atoms with Crippen LogP contribution in [0.5, 0.6) is 11.5 Å². The molecule has 0 fully saturated rings. The second-order valence-corrected chi connectivity index (χ2v) is 10.0. The Hall–Kier alpha value is -1.80. The summed E-state index contributed by atoms with van der Waals surface area (Å²) >= 11 is 9.09. The standard InChI is InChI=1S/C16H13BrClNO6S2/c1-3-24-14-7-10(9-19)6-12(17)16(14)25-27(22,23)15-8-11(26(2,20)21)4-5-13(15)18/h4-8H,3H2,1-2H3. The summed E-state index contributed by atoms with van der Waals surface area (Å²) < 4.78 is 59.5. The quantitative estimate of drug-likeness (QED) is 0.565. The summed E-state index contributed by atoms with van der Waals surface area (Å²) in [7, 11) is -8.16. The summed E-state index contributed by atoms with van der Waals surface area (Å²) in [6.45, 7) is 1.87. The van der Waals surface area contributed by atoms with Crippen molar-refractivity contribution >= 4 is 47.5 Å². The van der Waals surface area contributed by atoms with Crippen molar-refractivity contribution in [1.29, 1.82) is 5.26 Å². The molecule has 2 aromatic rings. The van der Waals surface area contributed by atoms with Crippen molar-refractivity contribution in [2.45, 2.75) is 16.7 Å². The number of hydrogen-bond acceptors (Lipinski definition) is 7. The Labute approximate surface area is 170 Å². The van der Waals surface area contributed by atoms with E-state index in [1.165, 1.54) is 18.2 Å². The van der Waals surface area contributed by atoms with Crippen LogP contribution in [0, 0.1) is 11.3 Å². The lowest BCUT2D eigenvalue weighted by molar-refractivity contribution is 0.327. The van der Waals surface area contributed by atoms with Crippen molar-refractivity contribution in [2.75, 3.05) is 12.9 Å². The van der Waals surface area contributed by atoms with Gasteiger partial charge in [0.15, 0.2) is 21.3 Å². The molecular weight excluding hydrogens is 482 g/mol. The number of benzene rings is 2. The Bertz CT molecular complexity index is 1140. The minimum Gasteiger partial charge on any atom is -0.490 e. The molecule has 0 N–H and O–H groups in total. The van der Waals surface area contributed by atoms with Crippen LogP contribution < -0.4 is 8.92 Å². The van der Waals surface area contributed by atoms with Crippen molar-refractivity contribution < 1.29 is 25.8 Å². The number of ether oxygens (including phenoxy) is 1. The highest BCUT2D eigenvalue weighted by Gasteiger charge is 2.26. The monoisotopic (exact) mass is 493 g/mol. The molecule has 27 heavy (non-hydrogen) atoms. The molecule has 0 aliphatic carbocycles. The molecule has 0 aromatic heterocycles. The number of nitrogens with zero attached hydrogens (tertiary/aromatic N) is 1. The fourth-order valence-electron chi connectivity index (χ4n) is 2.04. The van der Waals surface area contributed by atoms with Gasteiger partial charge in [-0.15, -0.1) is 0 Å². The van der Waals surface area contributed by atoms with Crippen LogP contribution in [0.4, 0.5) is 0 Å². The highest BCUT2D eigenvalue weighted by Crippen LogP contribution is 2.39. The molecule has 0 amide bonds. The lowest BCUT2D eigenvalue weighted by atomic mass is 10.2. The zero-order valence-electron chi connectivity index (χ0n) is 14.1. The van der Waals surface area contributed by atoms with Crippen LogP contribution in [0.1, 0.15) is 12.5 Å². The molecule has 0 atom stereocenters. The fourth-order valence-corrected chi connectivity index (χ4v) is 4.85. The summed E-state index contributed by atoms with van der Waals surface area (Å²) in [6, 6.07) is 7.88. The van der Waals surface area contributed by atoms with Crippen LogP contribution in [-0.2, 0) is 20.0 Å². The van der Waals surface area contributed by atoms with E-state index in [0.717, 1.165) is 18.4 Å². The van der Waals surface area contributed by atoms with Gasteiger partial charge in [-0.1, -0.05) is 11.6 Å². The molecule has 0 aliphatic rings. The third-order valence-corrected chi connectivity index (χ3v) is 6.64. The Morgan fingerprint density at radius 2 is 1.85 bits per heavy atom. The van der Waals surface area contributed by atoms with Crippen LogP contribution in [-0.4, -0.2) is 29.7 Å². The molecule has 0 heterocycles. The number of nitriles is 1. The Kier molecular flexibility index (Phi) is 6.42. The molecule has 2 aromatic carbocycles. The van der Waals surface area contributed by atoms with Gasteiger partial charge in [-0.05, 0) is 47.1 Å². The van der Waals surface area contributed by atoms with E-state index in [1.54, 1.807) is 6.92 Å². The van der Waals surface area contributed by atoms with E-state index in [0.29, 0.717) is 0 Å². The van der Waals surface area contributed by atoms with Crippen LogP contribution in [0.3, 0.4) is 0 Å². The van der Waals surface area contributed by atoms with E-state index >= 15 is 0 Å². The molecule has 0 saturated carbocycles. The molecule has 11 heteroatoms. The van der Waals surface area contributed by atoms with E-state index in [2.05, 4.69) is 15.9 Å². The Morgan fingerprint density at radius 3 is 2.41 bits per heavy atom. The van der Waals surface area contributed by atoms with Crippen molar-refractivity contribution in [3.63, 3.8) is 0 Å². The van der Waals surface area contributed by atoms with Gasteiger partial charge in [0.1, 0.15) is 4.90 Å². The van der Waals surface area contributed by atoms with E-state index in [1.807, 2.05) is 6.07 Å². The minimum atomic E-state index is -4.50. The first-order chi connectivity index (χ1) is 12.5. The van der Waals surface area contributed by atoms with Crippen molar-refractivity contribution in [3.8, 4) is 17.6 Å². The van der Waals surface area contributed by atoms with Crippen LogP contribution in [0.25, 0.3) is 0 Å². The fraction of sp³-hybridized carbons (Fsp3) is 0.188. The Morgan fingerprint density at radius 1 is 1.19 bits per heavy atom. The summed E-state index contributed by atoms with van der Waals surface area (Å²) in [5, 5.41) is 8.84. The van der Waals surface area contributed by atoms with Gasteiger partial charge in [0, 0.05) is 12.3 Å². The Balaban J connectivity index is 2.60. The smallest absolute Gasteiger partial charge is 0.340 e. The third-order valence-electron chi connectivity index (χ3n) is 3.23. The molecule has 0 saturated heterocycles. The molecule has 7 nitrogen and oxygen atoms in total. The van der Waals surface area contributed by atoms with Crippen LogP contribution >= 0.6 is 27.5 Å². The predicted molar refractivity (Wildman–Crippen MR) is 102 cm³/mol. The number of sulfone groups is 1. The van der Waals surface area contributed by atoms with Crippen molar-refractivity contribution in [3.05, 3.63) is 45.4 Å². The zero-order valence-corrected chi connectivity index (χ0v) is 18.0. The van der Waals surface area contributed by atoms with Gasteiger partial charge in [0.2, 0.25) is 0 Å². The van der Waals surface area contributed by atoms with Gasteiger partial charge < -0.3 is 8.92 Å². The van der Waals surface area contributed by atoms with E-state index in [4.69, 9.17) is 25.8 Å². The SMILES string of the molecule is CCOc1cc(C#N)cc(Br)c1OS(=O)(=O)c1cc(S(C)(=O)=O)ccc1Cl. The van der Waals surface area contributed by atoms with Gasteiger partial charge in [0.05, 0.1) is 32.6 Å². The van der Waals surface area contributed by atoms with Gasteiger partial charge in [-0.3, -0.25) is 0 Å². The summed E-state index contributed by atoms with van der Waals surface area (Å²) in [6.07, 6.45) is 0.942. The zero-order chi connectivity index (χ0) is 20.4. The largest absolute Gasteiger partial charge is 0.490 e. The van der Waals surface area contributed by atoms with Crippen molar-refractivity contribution in [2.24, 2.45) is 0 Å². The van der Waals surface area contributed by atoms with Gasteiger partial charge >= 0.3 is 10.1 Å². The molecule has 0 unspecified atom stereocenters. The highest BCUT2D eigenvalue weighted by molar-refractivity contribution is 9.10. The highest BCUT2D eigenvalue weighted by atomic mass is 79.9. The molecule has 2 rings (SSSR count). The lowest BCUT2D eigenvalue weighted by Crippen LogP contribution is -2.13. The van der Waals surface area contributed by atoms with Crippen molar-refractivity contribution in [1.82, 2.24) is 0 Å². The summed E-state index contributed by atoms with van der Waals surface area (Å²) in [5.41, 5.74) is 0.229.